The lowest BCUT2D eigenvalue weighted by atomic mass is 10.1. The molecule has 0 aliphatic heterocycles. The van der Waals surface area contributed by atoms with Gasteiger partial charge >= 0.3 is 0 Å². The molecule has 84 valence electrons. The van der Waals surface area contributed by atoms with Gasteiger partial charge in [-0.2, -0.15) is 5.10 Å². The van der Waals surface area contributed by atoms with Gasteiger partial charge in [0, 0.05) is 19.4 Å². The summed E-state index contributed by atoms with van der Waals surface area (Å²) >= 11 is 0. The second-order valence-electron chi connectivity index (χ2n) is 3.54. The number of nitrogens with two attached hydrogens (primary N) is 1. The lowest BCUT2D eigenvalue weighted by Gasteiger charge is -2.02. The summed E-state index contributed by atoms with van der Waals surface area (Å²) in [4.78, 5) is 0. The summed E-state index contributed by atoms with van der Waals surface area (Å²) in [7, 11) is 1.69. The van der Waals surface area contributed by atoms with Crippen LogP contribution in [-0.4, -0.2) is 29.5 Å². The molecule has 0 spiro atoms. The third kappa shape index (κ3) is 2.56. The maximum Gasteiger partial charge on any atom is 0.213 e. The molecule has 0 saturated carbocycles. The third-order valence-electron chi connectivity index (χ3n) is 2.44. The summed E-state index contributed by atoms with van der Waals surface area (Å²) in [5.41, 5.74) is 8.48. The average molecular weight is 210 g/mol. The number of aryl methyl sites for hydroxylation is 1. The molecule has 0 amide bonds. The molecule has 1 aromatic heterocycles. The van der Waals surface area contributed by atoms with Gasteiger partial charge in [-0.25, -0.2) is 4.68 Å². The van der Waals surface area contributed by atoms with Gasteiger partial charge in [0.05, 0.1) is 5.69 Å². The Morgan fingerprint density at radius 1 is 1.53 bits per heavy atom. The Labute approximate surface area is 89.7 Å². The summed E-state index contributed by atoms with van der Waals surface area (Å²) < 4.78 is 6.47. The number of methoxy groups -OCH3 is 1. The van der Waals surface area contributed by atoms with Gasteiger partial charge in [0.1, 0.15) is 0 Å². The van der Waals surface area contributed by atoms with E-state index >= 15 is 0 Å². The van der Waals surface area contributed by atoms with Crippen molar-refractivity contribution in [1.82, 2.24) is 9.78 Å². The highest BCUT2D eigenvalue weighted by Crippen LogP contribution is 2.14. The van der Waals surface area contributed by atoms with Gasteiger partial charge in [-0.3, -0.25) is 5.41 Å². The molecule has 1 aromatic rings. The molecular weight excluding hydrogens is 192 g/mol. The zero-order valence-electron chi connectivity index (χ0n) is 9.50. The van der Waals surface area contributed by atoms with E-state index in [0.717, 1.165) is 30.8 Å². The lowest BCUT2D eigenvalue weighted by Crippen LogP contribution is -2.23. The summed E-state index contributed by atoms with van der Waals surface area (Å²) in [6.07, 6.45) is 1.88. The van der Waals surface area contributed by atoms with Crippen molar-refractivity contribution < 1.29 is 4.74 Å². The zero-order valence-corrected chi connectivity index (χ0v) is 9.50. The van der Waals surface area contributed by atoms with Crippen molar-refractivity contribution in [2.24, 2.45) is 5.73 Å². The van der Waals surface area contributed by atoms with E-state index in [9.17, 15) is 0 Å². The Hall–Kier alpha value is -1.36. The number of ether oxygens (including phenoxy) is 1. The Morgan fingerprint density at radius 2 is 2.20 bits per heavy atom. The van der Waals surface area contributed by atoms with E-state index in [0.29, 0.717) is 0 Å². The fourth-order valence-corrected chi connectivity index (χ4v) is 1.66. The molecule has 0 fully saturated rings. The second kappa shape index (κ2) is 4.93. The van der Waals surface area contributed by atoms with E-state index < -0.39 is 0 Å². The minimum atomic E-state index is -0.0337. The average Bonchev–Trinajstić information content (AvgIpc) is 2.45. The molecule has 5 heteroatoms. The molecule has 0 radical (unpaired) electrons. The quantitative estimate of drug-likeness (QED) is 0.439. The summed E-state index contributed by atoms with van der Waals surface area (Å²) in [6.45, 7) is 4.61. The molecule has 0 aliphatic carbocycles. The minimum absolute atomic E-state index is 0.0337. The minimum Gasteiger partial charge on any atom is -0.385 e. The summed E-state index contributed by atoms with van der Waals surface area (Å²) in [5.74, 6) is -0.0337. The van der Waals surface area contributed by atoms with E-state index in [1.54, 1.807) is 7.11 Å². The van der Waals surface area contributed by atoms with Gasteiger partial charge in [0.2, 0.25) is 5.96 Å². The Morgan fingerprint density at radius 3 is 2.67 bits per heavy atom. The molecule has 3 N–H and O–H groups in total. The van der Waals surface area contributed by atoms with E-state index in [2.05, 4.69) is 5.10 Å². The van der Waals surface area contributed by atoms with Crippen molar-refractivity contribution in [3.8, 4) is 0 Å². The van der Waals surface area contributed by atoms with Crippen LogP contribution in [0, 0.1) is 19.3 Å². The Balaban J connectivity index is 2.83. The van der Waals surface area contributed by atoms with Crippen LogP contribution in [0.2, 0.25) is 0 Å². The molecule has 0 unspecified atom stereocenters. The first-order chi connectivity index (χ1) is 7.07. The van der Waals surface area contributed by atoms with Crippen LogP contribution in [0.25, 0.3) is 0 Å². The zero-order chi connectivity index (χ0) is 11.4. The van der Waals surface area contributed by atoms with Gasteiger partial charge in [0.15, 0.2) is 0 Å². The predicted octanol–water partition coefficient (Wildman–Crippen LogP) is 0.821. The third-order valence-corrected chi connectivity index (χ3v) is 2.44. The van der Waals surface area contributed by atoms with Crippen LogP contribution in [0.5, 0.6) is 0 Å². The van der Waals surface area contributed by atoms with Gasteiger partial charge in [-0.05, 0) is 32.3 Å². The first-order valence-corrected chi connectivity index (χ1v) is 4.96. The summed E-state index contributed by atoms with van der Waals surface area (Å²) in [6, 6.07) is 0. The predicted molar refractivity (Wildman–Crippen MR) is 59.2 cm³/mol. The topological polar surface area (TPSA) is 76.9 Å². The van der Waals surface area contributed by atoms with E-state index in [4.69, 9.17) is 15.9 Å². The van der Waals surface area contributed by atoms with Crippen molar-refractivity contribution in [1.29, 1.82) is 5.41 Å². The normalized spacial score (nSPS) is 10.6. The lowest BCUT2D eigenvalue weighted by molar-refractivity contribution is 0.195. The molecule has 0 bridgehead atoms. The van der Waals surface area contributed by atoms with E-state index in [1.807, 2.05) is 13.8 Å². The highest BCUT2D eigenvalue weighted by atomic mass is 16.5. The smallest absolute Gasteiger partial charge is 0.213 e. The van der Waals surface area contributed by atoms with Crippen LogP contribution in [0.15, 0.2) is 0 Å². The molecule has 1 rings (SSSR count). The molecule has 1 heterocycles. The maximum atomic E-state index is 7.35. The number of hydrogen-bond donors (Lipinski definition) is 2. The van der Waals surface area contributed by atoms with Crippen molar-refractivity contribution in [2.75, 3.05) is 13.7 Å². The number of rotatable bonds is 4. The Bertz CT molecular complexity index is 357. The van der Waals surface area contributed by atoms with Crippen molar-refractivity contribution in [2.45, 2.75) is 26.7 Å². The van der Waals surface area contributed by atoms with Gasteiger partial charge < -0.3 is 10.5 Å². The molecule has 0 aliphatic rings. The number of hydrogen-bond acceptors (Lipinski definition) is 3. The molecule has 5 nitrogen and oxygen atoms in total. The molecule has 0 saturated heterocycles. The van der Waals surface area contributed by atoms with Gasteiger partial charge in [0.25, 0.3) is 0 Å². The van der Waals surface area contributed by atoms with Crippen molar-refractivity contribution in [3.05, 3.63) is 17.0 Å². The molecule has 0 atom stereocenters. The fraction of sp³-hybridized carbons (Fsp3) is 0.600. The van der Waals surface area contributed by atoms with Crippen molar-refractivity contribution >= 4 is 5.96 Å². The van der Waals surface area contributed by atoms with Crippen LogP contribution < -0.4 is 5.73 Å². The first-order valence-electron chi connectivity index (χ1n) is 4.96. The van der Waals surface area contributed by atoms with E-state index in [1.165, 1.54) is 10.2 Å². The fourth-order valence-electron chi connectivity index (χ4n) is 1.66. The summed E-state index contributed by atoms with van der Waals surface area (Å²) in [5, 5.41) is 11.6. The van der Waals surface area contributed by atoms with Crippen LogP contribution in [0.3, 0.4) is 0 Å². The second-order valence-corrected chi connectivity index (χ2v) is 3.54. The SMILES string of the molecule is COCCCc1c(C)nn(C(=N)N)c1C. The van der Waals surface area contributed by atoms with E-state index in [-0.39, 0.29) is 5.96 Å². The molecule has 0 aromatic carbocycles. The molecular formula is C10H18N4O. The van der Waals surface area contributed by atoms with Crippen LogP contribution in [0.1, 0.15) is 23.4 Å². The van der Waals surface area contributed by atoms with Gasteiger partial charge in [-0.1, -0.05) is 0 Å². The number of nitrogens with one attached hydrogen (secondary N) is 1. The monoisotopic (exact) mass is 210 g/mol. The highest BCUT2D eigenvalue weighted by Gasteiger charge is 2.12. The molecule has 15 heavy (non-hydrogen) atoms. The van der Waals surface area contributed by atoms with Crippen molar-refractivity contribution in [3.63, 3.8) is 0 Å². The van der Waals surface area contributed by atoms with Crippen LogP contribution in [-0.2, 0) is 11.2 Å². The number of nitrogen functional groups attached to an aromatic ring is 1. The Kier molecular flexibility index (Phi) is 3.85. The largest absolute Gasteiger partial charge is 0.385 e. The highest BCUT2D eigenvalue weighted by molar-refractivity contribution is 5.77. The number of nitrogens with zero attached hydrogens (tertiary/aromatic N) is 2. The van der Waals surface area contributed by atoms with Crippen LogP contribution in [0.4, 0.5) is 0 Å². The van der Waals surface area contributed by atoms with Crippen LogP contribution >= 0.6 is 0 Å². The first kappa shape index (κ1) is 11.7. The maximum absolute atomic E-state index is 7.35. The standard InChI is InChI=1S/C10H18N4O/c1-7-9(5-4-6-15-3)8(2)14(13-7)10(11)12/h4-6H2,1-3H3,(H3,11,12). The number of aromatic nitrogens is 2. The van der Waals surface area contributed by atoms with Gasteiger partial charge in [-0.15, -0.1) is 0 Å².